The molecular weight excluding hydrogens is 1000 g/mol. The van der Waals surface area contributed by atoms with Gasteiger partial charge >= 0.3 is 0 Å². The minimum Gasteiger partial charge on any atom is -0.493 e. The van der Waals surface area contributed by atoms with Crippen LogP contribution in [-0.4, -0.2) is 168 Å². The topological polar surface area (TPSA) is 294 Å². The monoisotopic (exact) mass is 1090 g/mol. The second kappa shape index (κ2) is 43.2. The molecule has 20 nitrogen and oxygen atoms in total. The largest absolute Gasteiger partial charge is 0.493 e. The van der Waals surface area contributed by atoms with Crippen LogP contribution in [0.4, 0.5) is 0 Å². The molecular formula is C58H90N8O12. The molecule has 3 aromatic carbocycles. The molecule has 3 rings (SSSR count). The minimum absolute atomic E-state index is 0.534. The lowest BCUT2D eigenvalue weighted by molar-refractivity contribution is -0.135. The van der Waals surface area contributed by atoms with Gasteiger partial charge in [0, 0.05) is 120 Å². The van der Waals surface area contributed by atoms with Gasteiger partial charge in [0.2, 0.25) is 0 Å². The Bertz CT molecular complexity index is 2040. The van der Waals surface area contributed by atoms with E-state index in [-0.39, 0.29) is 0 Å². The maximum absolute atomic E-state index is 9.00. The van der Waals surface area contributed by atoms with Crippen molar-refractivity contribution < 1.29 is 58.6 Å². The summed E-state index contributed by atoms with van der Waals surface area (Å²) in [6.07, 6.45) is 14.4. The van der Waals surface area contributed by atoms with Gasteiger partial charge in [-0.15, -0.1) is 0 Å². The number of aliphatic carboxylic acids is 4. The maximum atomic E-state index is 9.00. The lowest BCUT2D eigenvalue weighted by Gasteiger charge is -2.19. The number of rotatable bonds is 28. The van der Waals surface area contributed by atoms with Gasteiger partial charge in [0.15, 0.2) is 0 Å². The van der Waals surface area contributed by atoms with Crippen LogP contribution in [0.3, 0.4) is 0 Å². The average Bonchev–Trinajstić information content (AvgIpc) is 3.38. The fraction of sp³-hybridized carbons (Fsp3) is 0.483. The summed E-state index contributed by atoms with van der Waals surface area (Å²) in [6.45, 7) is 17.5. The third-order valence-electron chi connectivity index (χ3n) is 10.5. The normalized spacial score (nSPS) is 10.1. The molecule has 0 radical (unpaired) electrons. The van der Waals surface area contributed by atoms with E-state index in [1.54, 1.807) is 0 Å². The molecule has 3 aromatic rings. The SMILES string of the molecule is CC(=O)O.CC(=O)O.CC(=O)O.CC(=O)O.CCC(=N)N(C)CCCOc1cc(/C=C/c2ccc(/C=C/c3cc(OCCCN(C)C(=N)CC)cc(OCCCN(C)C(=N)CC)c3)cc2)cc(OCCCN(C)C(=N)CC)c1. The Kier molecular flexibility index (Phi) is 40.0. The Balaban J connectivity index is 0. The van der Waals surface area contributed by atoms with Gasteiger partial charge in [0.1, 0.15) is 23.0 Å². The molecule has 8 N–H and O–H groups in total. The molecule has 0 unspecified atom stereocenters. The zero-order valence-corrected chi connectivity index (χ0v) is 48.2. The van der Waals surface area contributed by atoms with Gasteiger partial charge in [-0.1, -0.05) is 76.3 Å². The lowest BCUT2D eigenvalue weighted by Crippen LogP contribution is -2.27. The first kappa shape index (κ1) is 72.2. The number of benzene rings is 3. The van der Waals surface area contributed by atoms with E-state index in [1.807, 2.05) is 112 Å². The van der Waals surface area contributed by atoms with Crippen LogP contribution in [0.1, 0.15) is 129 Å². The highest BCUT2D eigenvalue weighted by atomic mass is 16.5. The summed E-state index contributed by atoms with van der Waals surface area (Å²) < 4.78 is 24.8. The summed E-state index contributed by atoms with van der Waals surface area (Å²) in [5.41, 5.74) is 4.06. The predicted molar refractivity (Wildman–Crippen MR) is 313 cm³/mol. The van der Waals surface area contributed by atoms with Crippen LogP contribution < -0.4 is 18.9 Å². The molecule has 434 valence electrons. The summed E-state index contributed by atoms with van der Waals surface area (Å²) in [7, 11) is 7.79. The second-order valence-electron chi connectivity index (χ2n) is 17.6. The van der Waals surface area contributed by atoms with Crippen molar-refractivity contribution >= 4 is 71.5 Å². The summed E-state index contributed by atoms with van der Waals surface area (Å²) in [5, 5.41) is 61.9. The predicted octanol–water partition coefficient (Wildman–Crippen LogP) is 10.7. The Morgan fingerprint density at radius 2 is 0.564 bits per heavy atom. The molecule has 0 fully saturated rings. The molecule has 0 aliphatic rings. The number of carbonyl (C=O) groups is 4. The molecule has 0 aliphatic heterocycles. The highest BCUT2D eigenvalue weighted by Gasteiger charge is 2.09. The van der Waals surface area contributed by atoms with Crippen LogP contribution in [0.15, 0.2) is 60.7 Å². The smallest absolute Gasteiger partial charge is 0.300 e. The van der Waals surface area contributed by atoms with E-state index in [0.29, 0.717) is 75.5 Å². The number of ether oxygens (including phenoxy) is 4. The number of carboxylic acids is 4. The Hall–Kier alpha value is -7.90. The van der Waals surface area contributed by atoms with E-state index in [4.69, 9.17) is 80.2 Å². The first-order chi connectivity index (χ1) is 36.8. The Labute approximate surface area is 463 Å². The zero-order chi connectivity index (χ0) is 59.6. The van der Waals surface area contributed by atoms with Gasteiger partial charge in [0.05, 0.1) is 49.8 Å². The van der Waals surface area contributed by atoms with E-state index in [9.17, 15) is 0 Å². The van der Waals surface area contributed by atoms with E-state index in [2.05, 4.69) is 48.6 Å². The molecule has 0 aromatic heterocycles. The lowest BCUT2D eigenvalue weighted by atomic mass is 10.1. The van der Waals surface area contributed by atoms with Crippen LogP contribution in [0, 0.1) is 21.6 Å². The molecule has 78 heavy (non-hydrogen) atoms. The van der Waals surface area contributed by atoms with Crippen molar-refractivity contribution in [3.05, 3.63) is 82.9 Å². The average molecular weight is 1090 g/mol. The first-order valence-electron chi connectivity index (χ1n) is 26.0. The first-order valence-corrected chi connectivity index (χ1v) is 26.0. The van der Waals surface area contributed by atoms with Crippen molar-refractivity contribution in [2.24, 2.45) is 0 Å². The van der Waals surface area contributed by atoms with Crippen molar-refractivity contribution in [2.75, 3.05) is 80.8 Å². The van der Waals surface area contributed by atoms with Gasteiger partial charge < -0.3 is 59.0 Å². The van der Waals surface area contributed by atoms with E-state index < -0.39 is 23.9 Å². The summed E-state index contributed by atoms with van der Waals surface area (Å²) >= 11 is 0. The van der Waals surface area contributed by atoms with Gasteiger partial charge in [-0.25, -0.2) is 0 Å². The van der Waals surface area contributed by atoms with Crippen molar-refractivity contribution in [2.45, 2.75) is 107 Å². The van der Waals surface area contributed by atoms with Gasteiger partial charge in [-0.05, 0) is 72.2 Å². The van der Waals surface area contributed by atoms with Gasteiger partial charge in [-0.3, -0.25) is 40.8 Å². The van der Waals surface area contributed by atoms with E-state index in [0.717, 1.165) is 125 Å². The number of hydrogen-bond acceptors (Lipinski definition) is 12. The highest BCUT2D eigenvalue weighted by Crippen LogP contribution is 2.27. The molecule has 20 heteroatoms. The van der Waals surface area contributed by atoms with E-state index in [1.165, 1.54) is 0 Å². The van der Waals surface area contributed by atoms with Crippen LogP contribution in [0.2, 0.25) is 0 Å². The number of amidine groups is 4. The summed E-state index contributed by atoms with van der Waals surface area (Å²) in [4.78, 5) is 43.8. The Morgan fingerprint density at radius 1 is 0.385 bits per heavy atom. The van der Waals surface area contributed by atoms with Gasteiger partial charge in [0.25, 0.3) is 23.9 Å². The fourth-order valence-electron chi connectivity index (χ4n) is 6.40. The van der Waals surface area contributed by atoms with Crippen molar-refractivity contribution in [3.63, 3.8) is 0 Å². The number of nitrogens with one attached hydrogen (secondary N) is 4. The molecule has 0 saturated heterocycles. The highest BCUT2D eigenvalue weighted by molar-refractivity contribution is 5.80. The molecule has 0 atom stereocenters. The second-order valence-corrected chi connectivity index (χ2v) is 17.6. The van der Waals surface area contributed by atoms with E-state index >= 15 is 0 Å². The minimum atomic E-state index is -0.833. The van der Waals surface area contributed by atoms with Gasteiger partial charge in [-0.2, -0.15) is 0 Å². The molecule has 0 spiro atoms. The summed E-state index contributed by atoms with van der Waals surface area (Å²) in [5.74, 6) is 2.11. The van der Waals surface area contributed by atoms with Crippen molar-refractivity contribution in [1.82, 2.24) is 19.6 Å². The van der Waals surface area contributed by atoms with Crippen LogP contribution in [0.25, 0.3) is 24.3 Å². The number of hydrogen-bond donors (Lipinski definition) is 8. The van der Waals surface area contributed by atoms with Crippen LogP contribution >= 0.6 is 0 Å². The Morgan fingerprint density at radius 3 is 0.744 bits per heavy atom. The van der Waals surface area contributed by atoms with Crippen molar-refractivity contribution in [1.29, 1.82) is 21.6 Å². The molecule has 0 bridgehead atoms. The fourth-order valence-corrected chi connectivity index (χ4v) is 6.40. The van der Waals surface area contributed by atoms with Crippen LogP contribution in [0.5, 0.6) is 23.0 Å². The standard InChI is InChI=1S/C50H74N8O4.4C2H4O2/c1-9-47(51)55(5)25-13-29-59-43-33-41(34-44(37-43)60-30-14-26-56(6)48(52)10-2)23-21-39-17-19-40(20-18-39)22-24-42-35-45(61-31-15-27-57(7)49(53)11-3)38-46(36-42)62-32-16-28-58(8)50(54)12-4;4*1-2(3)4/h17-24,33-38,51-54H,9-16,25-32H2,1-8H3;4*1H3,(H,3,4)/b23-21+,24-22+,51-47?,52-48?,53-49?,54-50?;;;;. The van der Waals surface area contributed by atoms with Crippen molar-refractivity contribution in [3.8, 4) is 23.0 Å². The molecule has 0 amide bonds. The molecule has 0 heterocycles. The maximum Gasteiger partial charge on any atom is 0.300 e. The quantitative estimate of drug-likeness (QED) is 0.0145. The third kappa shape index (κ3) is 39.5. The third-order valence-corrected chi connectivity index (χ3v) is 10.5. The number of carboxylic acid groups (broad SMARTS) is 4. The van der Waals surface area contributed by atoms with Crippen LogP contribution in [-0.2, 0) is 19.2 Å². The zero-order valence-electron chi connectivity index (χ0n) is 48.2. The number of nitrogens with zero attached hydrogens (tertiary/aromatic N) is 4. The summed E-state index contributed by atoms with van der Waals surface area (Å²) in [6, 6.07) is 20.4. The molecule has 0 saturated carbocycles. The molecule has 0 aliphatic carbocycles.